The molecule has 0 radical (unpaired) electrons. The van der Waals surface area contributed by atoms with Crippen LogP contribution in [0.15, 0.2) is 36.4 Å². The second kappa shape index (κ2) is 7.54. The SMILES string of the molecule is COC(=O)c1cc(NC(=O)Cc2cccc(OC)c2)c(F)cc1F. The minimum Gasteiger partial charge on any atom is -0.497 e. The number of carbonyl (C=O) groups excluding carboxylic acids is 2. The maximum absolute atomic E-state index is 13.8. The number of nitrogens with one attached hydrogen (secondary N) is 1. The van der Waals surface area contributed by atoms with Gasteiger partial charge in [0, 0.05) is 6.07 Å². The van der Waals surface area contributed by atoms with E-state index in [2.05, 4.69) is 10.1 Å². The Labute approximate surface area is 137 Å². The quantitative estimate of drug-likeness (QED) is 0.853. The largest absolute Gasteiger partial charge is 0.497 e. The van der Waals surface area contributed by atoms with Gasteiger partial charge in [-0.15, -0.1) is 0 Å². The van der Waals surface area contributed by atoms with Crippen LogP contribution in [0.4, 0.5) is 14.5 Å². The first-order valence-electron chi connectivity index (χ1n) is 6.94. The Hall–Kier alpha value is -2.96. The van der Waals surface area contributed by atoms with Crippen molar-refractivity contribution < 1.29 is 27.8 Å². The minimum atomic E-state index is -1.06. The molecule has 2 rings (SSSR count). The molecule has 1 N–H and O–H groups in total. The molecule has 0 unspecified atom stereocenters. The van der Waals surface area contributed by atoms with Gasteiger partial charge in [0.2, 0.25) is 5.91 Å². The number of anilines is 1. The summed E-state index contributed by atoms with van der Waals surface area (Å²) in [7, 11) is 2.58. The van der Waals surface area contributed by atoms with Crippen LogP contribution >= 0.6 is 0 Å². The number of esters is 1. The monoisotopic (exact) mass is 335 g/mol. The normalized spacial score (nSPS) is 10.2. The van der Waals surface area contributed by atoms with Crippen molar-refractivity contribution in [1.29, 1.82) is 0 Å². The van der Waals surface area contributed by atoms with E-state index in [1.165, 1.54) is 7.11 Å². The molecule has 0 atom stereocenters. The lowest BCUT2D eigenvalue weighted by Gasteiger charge is -2.09. The lowest BCUT2D eigenvalue weighted by Crippen LogP contribution is -2.16. The molecule has 0 saturated carbocycles. The average Bonchev–Trinajstić information content (AvgIpc) is 2.56. The summed E-state index contributed by atoms with van der Waals surface area (Å²) in [6.07, 6.45) is -0.0401. The van der Waals surface area contributed by atoms with Crippen LogP contribution < -0.4 is 10.1 Å². The van der Waals surface area contributed by atoms with Gasteiger partial charge in [-0.25, -0.2) is 13.6 Å². The number of hydrogen-bond acceptors (Lipinski definition) is 4. The zero-order chi connectivity index (χ0) is 17.7. The Morgan fingerprint density at radius 1 is 1.08 bits per heavy atom. The molecule has 1 amide bonds. The summed E-state index contributed by atoms with van der Waals surface area (Å²) in [5.41, 5.74) is -0.108. The molecule has 24 heavy (non-hydrogen) atoms. The lowest BCUT2D eigenvalue weighted by atomic mass is 10.1. The number of halogens is 2. The maximum Gasteiger partial charge on any atom is 0.340 e. The molecule has 5 nitrogen and oxygen atoms in total. The van der Waals surface area contributed by atoms with Crippen LogP contribution in [-0.4, -0.2) is 26.1 Å². The molecule has 0 heterocycles. The van der Waals surface area contributed by atoms with Crippen molar-refractivity contribution in [1.82, 2.24) is 0 Å². The minimum absolute atomic E-state index is 0.0401. The van der Waals surface area contributed by atoms with E-state index < -0.39 is 29.1 Å². The maximum atomic E-state index is 13.8. The van der Waals surface area contributed by atoms with Crippen molar-refractivity contribution in [2.24, 2.45) is 0 Å². The van der Waals surface area contributed by atoms with E-state index in [-0.39, 0.29) is 12.1 Å². The van der Waals surface area contributed by atoms with Crippen LogP contribution in [0, 0.1) is 11.6 Å². The van der Waals surface area contributed by atoms with Crippen LogP contribution in [0.2, 0.25) is 0 Å². The van der Waals surface area contributed by atoms with E-state index in [1.807, 2.05) is 0 Å². The fourth-order valence-electron chi connectivity index (χ4n) is 2.07. The van der Waals surface area contributed by atoms with E-state index in [0.717, 1.165) is 13.2 Å². The first-order valence-corrected chi connectivity index (χ1v) is 6.94. The van der Waals surface area contributed by atoms with Crippen LogP contribution in [-0.2, 0) is 16.0 Å². The molecule has 0 aromatic heterocycles. The van der Waals surface area contributed by atoms with E-state index in [1.54, 1.807) is 24.3 Å². The zero-order valence-electron chi connectivity index (χ0n) is 13.1. The molecule has 0 aliphatic carbocycles. The third kappa shape index (κ3) is 4.07. The summed E-state index contributed by atoms with van der Waals surface area (Å²) in [6.45, 7) is 0. The summed E-state index contributed by atoms with van der Waals surface area (Å²) in [5, 5.41) is 2.31. The Morgan fingerprint density at radius 2 is 1.83 bits per heavy atom. The van der Waals surface area contributed by atoms with Crippen molar-refractivity contribution in [2.45, 2.75) is 6.42 Å². The number of benzene rings is 2. The summed E-state index contributed by atoms with van der Waals surface area (Å²) in [4.78, 5) is 23.5. The number of ether oxygens (including phenoxy) is 2. The van der Waals surface area contributed by atoms with Crippen LogP contribution in [0.3, 0.4) is 0 Å². The zero-order valence-corrected chi connectivity index (χ0v) is 13.1. The molecule has 0 aliphatic rings. The Balaban J connectivity index is 2.17. The fourth-order valence-corrected chi connectivity index (χ4v) is 2.07. The Kier molecular flexibility index (Phi) is 5.47. The van der Waals surface area contributed by atoms with Crippen molar-refractivity contribution in [3.63, 3.8) is 0 Å². The highest BCUT2D eigenvalue weighted by atomic mass is 19.1. The van der Waals surface area contributed by atoms with Crippen LogP contribution in [0.25, 0.3) is 0 Å². The third-order valence-corrected chi connectivity index (χ3v) is 3.23. The predicted molar refractivity (Wildman–Crippen MR) is 83.0 cm³/mol. The number of methoxy groups -OCH3 is 2. The second-order valence-electron chi connectivity index (χ2n) is 4.88. The molecule has 2 aromatic rings. The molecule has 0 fully saturated rings. The van der Waals surface area contributed by atoms with Crippen molar-refractivity contribution >= 4 is 17.6 Å². The van der Waals surface area contributed by atoms with E-state index in [4.69, 9.17) is 4.74 Å². The topological polar surface area (TPSA) is 64.6 Å². The van der Waals surface area contributed by atoms with Gasteiger partial charge in [0.05, 0.1) is 31.9 Å². The predicted octanol–water partition coefficient (Wildman–Crippen LogP) is 2.94. The summed E-state index contributed by atoms with van der Waals surface area (Å²) >= 11 is 0. The lowest BCUT2D eigenvalue weighted by molar-refractivity contribution is -0.115. The van der Waals surface area contributed by atoms with Gasteiger partial charge in [-0.2, -0.15) is 0 Å². The van der Waals surface area contributed by atoms with Gasteiger partial charge in [-0.1, -0.05) is 12.1 Å². The smallest absolute Gasteiger partial charge is 0.340 e. The molecule has 0 aliphatic heterocycles. The van der Waals surface area contributed by atoms with Gasteiger partial charge in [0.25, 0.3) is 0 Å². The molecule has 126 valence electrons. The Morgan fingerprint density at radius 3 is 2.50 bits per heavy atom. The standard InChI is InChI=1S/C17H15F2NO4/c1-23-11-5-3-4-10(6-11)7-16(21)20-15-8-12(17(22)24-2)13(18)9-14(15)19/h3-6,8-9H,7H2,1-2H3,(H,20,21). The van der Waals surface area contributed by atoms with E-state index in [9.17, 15) is 18.4 Å². The van der Waals surface area contributed by atoms with Gasteiger partial charge >= 0.3 is 5.97 Å². The first-order chi connectivity index (χ1) is 11.4. The first kappa shape index (κ1) is 17.4. The van der Waals surface area contributed by atoms with Crippen molar-refractivity contribution in [3.8, 4) is 5.75 Å². The van der Waals surface area contributed by atoms with E-state index in [0.29, 0.717) is 17.4 Å². The molecule has 0 spiro atoms. The van der Waals surface area contributed by atoms with E-state index >= 15 is 0 Å². The summed E-state index contributed by atoms with van der Waals surface area (Å²) in [5.74, 6) is -2.95. The van der Waals surface area contributed by atoms with Gasteiger partial charge in [0.1, 0.15) is 17.4 Å². The van der Waals surface area contributed by atoms with Gasteiger partial charge in [0.15, 0.2) is 0 Å². The van der Waals surface area contributed by atoms with Crippen LogP contribution in [0.5, 0.6) is 5.75 Å². The third-order valence-electron chi connectivity index (χ3n) is 3.23. The summed E-state index contributed by atoms with van der Waals surface area (Å²) in [6, 6.07) is 8.25. The van der Waals surface area contributed by atoms with Crippen LogP contribution in [0.1, 0.15) is 15.9 Å². The molecule has 2 aromatic carbocycles. The second-order valence-corrected chi connectivity index (χ2v) is 4.88. The van der Waals surface area contributed by atoms with Gasteiger partial charge < -0.3 is 14.8 Å². The number of carbonyl (C=O) groups is 2. The summed E-state index contributed by atoms with van der Waals surface area (Å²) < 4.78 is 36.8. The van der Waals surface area contributed by atoms with Crippen molar-refractivity contribution in [2.75, 3.05) is 19.5 Å². The number of rotatable bonds is 5. The highest BCUT2D eigenvalue weighted by Crippen LogP contribution is 2.21. The van der Waals surface area contributed by atoms with Crippen molar-refractivity contribution in [3.05, 3.63) is 59.2 Å². The number of hydrogen-bond donors (Lipinski definition) is 1. The highest BCUT2D eigenvalue weighted by Gasteiger charge is 2.18. The molecule has 0 saturated heterocycles. The fraction of sp³-hybridized carbons (Fsp3) is 0.176. The average molecular weight is 335 g/mol. The molecule has 0 bridgehead atoms. The molecule has 7 heteroatoms. The van der Waals surface area contributed by atoms with Gasteiger partial charge in [-0.3, -0.25) is 4.79 Å². The highest BCUT2D eigenvalue weighted by molar-refractivity contribution is 5.95. The molecular weight excluding hydrogens is 320 g/mol. The van der Waals surface area contributed by atoms with Gasteiger partial charge in [-0.05, 0) is 23.8 Å². The number of amides is 1. The Bertz CT molecular complexity index is 777. The molecular formula is C17H15F2NO4.